The minimum Gasteiger partial charge on any atom is -0.614 e. The molecule has 14 nitrogen and oxygen atoms in total. The molecule has 0 saturated carbocycles. The highest BCUT2D eigenvalue weighted by molar-refractivity contribution is 7.92. The van der Waals surface area contributed by atoms with Gasteiger partial charge >= 0.3 is 12.1 Å². The number of likely N-dealkylation sites (N-methyl/N-ethyl adjacent to an activating group) is 1. The fourth-order valence-electron chi connectivity index (χ4n) is 4.09. The molecule has 16 heteroatoms. The lowest BCUT2D eigenvalue weighted by Gasteiger charge is -2.48. The van der Waals surface area contributed by atoms with Gasteiger partial charge in [-0.05, 0) is 18.2 Å². The topological polar surface area (TPSA) is 185 Å². The molecule has 3 aliphatic rings. The number of fused-ring (bicyclic) bond motifs is 1. The van der Waals surface area contributed by atoms with Gasteiger partial charge in [0.15, 0.2) is 11.2 Å². The first kappa shape index (κ1) is 25.9. The third kappa shape index (κ3) is 5.30. The summed E-state index contributed by atoms with van der Waals surface area (Å²) in [5, 5.41) is 15.5. The maximum atomic E-state index is 12.9. The number of nitrogens with one attached hydrogen (secondary N) is 2. The average Bonchev–Trinajstić information content (AvgIpc) is 3.27. The van der Waals surface area contributed by atoms with Crippen LogP contribution in [0.25, 0.3) is 0 Å². The number of aromatic nitrogens is 1. The molecular weight excluding hydrogens is 516 g/mol. The fourth-order valence-corrected chi connectivity index (χ4v) is 6.42. The van der Waals surface area contributed by atoms with Gasteiger partial charge in [0.05, 0.1) is 12.1 Å². The van der Waals surface area contributed by atoms with Crippen molar-refractivity contribution in [2.45, 2.75) is 17.8 Å². The second kappa shape index (κ2) is 10.8. The van der Waals surface area contributed by atoms with E-state index in [4.69, 9.17) is 4.74 Å². The van der Waals surface area contributed by atoms with E-state index in [1.165, 1.54) is 4.90 Å². The van der Waals surface area contributed by atoms with Crippen molar-refractivity contribution < 1.29 is 38.4 Å². The molecule has 36 heavy (non-hydrogen) atoms. The van der Waals surface area contributed by atoms with Gasteiger partial charge in [-0.25, -0.2) is 14.6 Å². The molecule has 3 atom stereocenters. The number of nitrogens with zero attached hydrogens (tertiary/aromatic N) is 4. The van der Waals surface area contributed by atoms with Gasteiger partial charge < -0.3 is 34.8 Å². The number of carbonyl (C=O) groups excluding carboxylic acids is 4. The molecule has 1 aromatic heterocycles. The van der Waals surface area contributed by atoms with Crippen molar-refractivity contribution in [3.8, 4) is 0 Å². The molecule has 1 aromatic rings. The van der Waals surface area contributed by atoms with Gasteiger partial charge in [0.2, 0.25) is 17.7 Å². The Morgan fingerprint density at radius 1 is 1.33 bits per heavy atom. The molecule has 0 aliphatic carbocycles. The van der Waals surface area contributed by atoms with Crippen LogP contribution in [0.4, 0.5) is 9.93 Å². The van der Waals surface area contributed by atoms with Crippen molar-refractivity contribution >= 4 is 57.9 Å². The molecule has 2 fully saturated rings. The van der Waals surface area contributed by atoms with Crippen molar-refractivity contribution in [1.82, 2.24) is 25.0 Å². The summed E-state index contributed by atoms with van der Waals surface area (Å²) in [5.74, 6) is -2.92. The van der Waals surface area contributed by atoms with Crippen LogP contribution >= 0.6 is 11.3 Å². The highest BCUT2D eigenvalue weighted by Gasteiger charge is 2.61. The number of aliphatic carboxylic acids is 1. The zero-order chi connectivity index (χ0) is 26.0. The zero-order valence-electron chi connectivity index (χ0n) is 19.2. The summed E-state index contributed by atoms with van der Waals surface area (Å²) in [4.78, 5) is 68.6. The Labute approximate surface area is 212 Å². The van der Waals surface area contributed by atoms with E-state index < -0.39 is 53.1 Å². The van der Waals surface area contributed by atoms with Crippen LogP contribution in [0.1, 0.15) is 5.69 Å². The molecule has 3 aliphatic heterocycles. The van der Waals surface area contributed by atoms with E-state index in [0.29, 0.717) is 43.4 Å². The number of anilines is 1. The SMILES string of the molecule is CN1CCN(C(=O)OCC2=C(C(=O)O)N3C(=O)C(NC(=O)Cc4csc(NC=O)n4)[C@H]3[S+]([O-])C2)CC1. The van der Waals surface area contributed by atoms with Gasteiger partial charge in [0.1, 0.15) is 18.1 Å². The molecule has 3 N–H and O–H groups in total. The quantitative estimate of drug-likeness (QED) is 0.197. The lowest BCUT2D eigenvalue weighted by Crippen LogP contribution is -2.75. The lowest BCUT2D eigenvalue weighted by molar-refractivity contribution is -0.151. The molecule has 2 saturated heterocycles. The number of hydrogen-bond acceptors (Lipinski definition) is 10. The number of rotatable bonds is 8. The summed E-state index contributed by atoms with van der Waals surface area (Å²) >= 11 is -0.613. The number of hydrogen-bond donors (Lipinski definition) is 3. The number of ether oxygens (including phenoxy) is 1. The first-order chi connectivity index (χ1) is 17.2. The van der Waals surface area contributed by atoms with E-state index in [1.807, 2.05) is 7.05 Å². The Hall–Kier alpha value is -3.21. The van der Waals surface area contributed by atoms with Gasteiger partial charge in [-0.15, -0.1) is 11.3 Å². The molecule has 0 aromatic carbocycles. The predicted molar refractivity (Wildman–Crippen MR) is 126 cm³/mol. The van der Waals surface area contributed by atoms with Crippen molar-refractivity contribution in [3.63, 3.8) is 0 Å². The number of piperazine rings is 1. The van der Waals surface area contributed by atoms with Crippen LogP contribution in [0.3, 0.4) is 0 Å². The van der Waals surface area contributed by atoms with Gasteiger partial charge in [0, 0.05) is 37.1 Å². The van der Waals surface area contributed by atoms with Crippen molar-refractivity contribution in [1.29, 1.82) is 0 Å². The lowest BCUT2D eigenvalue weighted by atomic mass is 10.0. The van der Waals surface area contributed by atoms with Crippen LogP contribution in [0.15, 0.2) is 16.7 Å². The summed E-state index contributed by atoms with van der Waals surface area (Å²) in [7, 11) is 1.93. The van der Waals surface area contributed by atoms with Gasteiger partial charge in [0.25, 0.3) is 5.91 Å². The maximum Gasteiger partial charge on any atom is 0.410 e. The second-order valence-electron chi connectivity index (χ2n) is 8.35. The van der Waals surface area contributed by atoms with Gasteiger partial charge in [-0.3, -0.25) is 19.3 Å². The standard InChI is InChI=1S/C20H24N6O8S2/c1-24-2-4-25(5-3-24)20(32)34-7-11-9-36(33)17-14(16(29)26(17)15(11)18(30)31)23-13(28)6-12-8-35-19(22-12)21-10-27/h8,10,14,17H,2-7,9H2,1H3,(H,23,28)(H,30,31)(H,21,22,27)/t14?,17-,36?/m1/s1. The minimum atomic E-state index is -1.74. The summed E-state index contributed by atoms with van der Waals surface area (Å²) in [5.41, 5.74) is 0.0477. The third-order valence-electron chi connectivity index (χ3n) is 5.93. The van der Waals surface area contributed by atoms with Gasteiger partial charge in [-0.1, -0.05) is 0 Å². The first-order valence-electron chi connectivity index (χ1n) is 10.9. The molecule has 194 valence electrons. The van der Waals surface area contributed by atoms with E-state index in [1.54, 1.807) is 5.38 Å². The number of β-lactam (4-membered cyclic amide) rings is 1. The van der Waals surface area contributed by atoms with Crippen LogP contribution < -0.4 is 10.6 Å². The third-order valence-corrected chi connectivity index (χ3v) is 8.41. The number of carboxylic acid groups (broad SMARTS) is 1. The average molecular weight is 541 g/mol. The summed E-state index contributed by atoms with van der Waals surface area (Å²) < 4.78 is 18.2. The monoisotopic (exact) mass is 540 g/mol. The van der Waals surface area contributed by atoms with Crippen molar-refractivity contribution in [3.05, 3.63) is 22.3 Å². The van der Waals surface area contributed by atoms with Gasteiger partial charge in [-0.2, -0.15) is 0 Å². The molecular formula is C20H24N6O8S2. The normalized spacial score (nSPS) is 24.1. The Bertz CT molecular complexity index is 1100. The summed E-state index contributed by atoms with van der Waals surface area (Å²) in [6.07, 6.45) is -0.338. The Morgan fingerprint density at radius 2 is 2.06 bits per heavy atom. The molecule has 4 rings (SSSR count). The Kier molecular flexibility index (Phi) is 7.77. The fraction of sp³-hybridized carbons (Fsp3) is 0.500. The highest BCUT2D eigenvalue weighted by atomic mass is 32.2. The zero-order valence-corrected chi connectivity index (χ0v) is 20.8. The van der Waals surface area contributed by atoms with Crippen molar-refractivity contribution in [2.75, 3.05) is 50.9 Å². The first-order valence-corrected chi connectivity index (χ1v) is 13.2. The van der Waals surface area contributed by atoms with Crippen LogP contribution in [-0.4, -0.2) is 117 Å². The van der Waals surface area contributed by atoms with E-state index in [-0.39, 0.29) is 23.4 Å². The molecule has 0 radical (unpaired) electrons. The Balaban J connectivity index is 1.40. The molecule has 0 spiro atoms. The maximum absolute atomic E-state index is 12.9. The highest BCUT2D eigenvalue weighted by Crippen LogP contribution is 2.37. The van der Waals surface area contributed by atoms with Crippen LogP contribution in [0.5, 0.6) is 0 Å². The number of carboxylic acids is 1. The van der Waals surface area contributed by atoms with Crippen LogP contribution in [0, 0.1) is 0 Å². The number of carbonyl (C=O) groups is 5. The molecule has 4 amide bonds. The molecule has 2 unspecified atom stereocenters. The largest absolute Gasteiger partial charge is 0.614 e. The minimum absolute atomic E-state index is 0.0652. The molecule has 0 bridgehead atoms. The predicted octanol–water partition coefficient (Wildman–Crippen LogP) is -1.61. The van der Waals surface area contributed by atoms with Crippen LogP contribution in [-0.2, 0) is 41.5 Å². The summed E-state index contributed by atoms with van der Waals surface area (Å²) in [6, 6.07) is -1.16. The van der Waals surface area contributed by atoms with E-state index in [2.05, 4.69) is 20.5 Å². The van der Waals surface area contributed by atoms with E-state index in [0.717, 1.165) is 16.2 Å². The second-order valence-corrected chi connectivity index (χ2v) is 10.7. The smallest absolute Gasteiger partial charge is 0.410 e. The molecule has 4 heterocycles. The van der Waals surface area contributed by atoms with E-state index in [9.17, 15) is 33.6 Å². The number of amides is 4. The van der Waals surface area contributed by atoms with Crippen molar-refractivity contribution in [2.24, 2.45) is 0 Å². The summed E-state index contributed by atoms with van der Waals surface area (Å²) in [6.45, 7) is 1.88. The van der Waals surface area contributed by atoms with Crippen LogP contribution in [0.2, 0.25) is 0 Å². The Morgan fingerprint density at radius 3 is 2.72 bits per heavy atom. The van der Waals surface area contributed by atoms with E-state index >= 15 is 0 Å². The number of thiazole rings is 1.